The standard InChI is InChI=1S/C10H19NO2.C5H8O2/c1-8(2)9(12)13-7-6-11-10(3,4)5;1-3-4(2)5(6)7/h11H,1,6-7H2,2-5H3;2-3H2,1H3,(H,6,7). The molecule has 0 amide bonds. The van der Waals surface area contributed by atoms with Crippen molar-refractivity contribution in [2.75, 3.05) is 13.2 Å². The van der Waals surface area contributed by atoms with Crippen molar-refractivity contribution in [2.24, 2.45) is 0 Å². The summed E-state index contributed by atoms with van der Waals surface area (Å²) in [5, 5.41) is 11.3. The van der Waals surface area contributed by atoms with Crippen molar-refractivity contribution in [3.8, 4) is 0 Å². The van der Waals surface area contributed by atoms with Crippen LogP contribution in [0.15, 0.2) is 24.3 Å². The molecule has 0 aromatic heterocycles. The minimum absolute atomic E-state index is 0.0651. The number of nitrogens with one attached hydrogen (secondary N) is 1. The summed E-state index contributed by atoms with van der Waals surface area (Å²) in [6.45, 7) is 17.4. The van der Waals surface area contributed by atoms with Gasteiger partial charge >= 0.3 is 11.9 Å². The molecule has 0 saturated carbocycles. The van der Waals surface area contributed by atoms with Crippen LogP contribution in [0.1, 0.15) is 41.0 Å². The van der Waals surface area contributed by atoms with Crippen molar-refractivity contribution in [2.45, 2.75) is 46.6 Å². The molecule has 0 fully saturated rings. The maximum atomic E-state index is 10.9. The third kappa shape index (κ3) is 14.4. The van der Waals surface area contributed by atoms with Crippen molar-refractivity contribution >= 4 is 11.9 Å². The van der Waals surface area contributed by atoms with Gasteiger partial charge in [0.15, 0.2) is 0 Å². The van der Waals surface area contributed by atoms with Crippen LogP contribution in [0.3, 0.4) is 0 Å². The van der Waals surface area contributed by atoms with E-state index in [1.165, 1.54) is 0 Å². The molecule has 0 bridgehead atoms. The van der Waals surface area contributed by atoms with E-state index in [1.54, 1.807) is 13.8 Å². The predicted molar refractivity (Wildman–Crippen MR) is 80.6 cm³/mol. The van der Waals surface area contributed by atoms with E-state index in [-0.39, 0.29) is 17.1 Å². The number of carbonyl (C=O) groups excluding carboxylic acids is 1. The van der Waals surface area contributed by atoms with E-state index >= 15 is 0 Å². The second-order valence-electron chi connectivity index (χ2n) is 5.36. The number of ether oxygens (including phenoxy) is 1. The highest BCUT2D eigenvalue weighted by atomic mass is 16.5. The van der Waals surface area contributed by atoms with E-state index in [2.05, 4.69) is 39.2 Å². The van der Waals surface area contributed by atoms with Crippen molar-refractivity contribution in [1.82, 2.24) is 5.32 Å². The Morgan fingerprint density at radius 1 is 1.25 bits per heavy atom. The summed E-state index contributed by atoms with van der Waals surface area (Å²) in [6, 6.07) is 0. The lowest BCUT2D eigenvalue weighted by molar-refractivity contribution is -0.139. The zero-order chi connectivity index (χ0) is 16.3. The van der Waals surface area contributed by atoms with Gasteiger partial charge in [0.25, 0.3) is 0 Å². The Bertz CT molecular complexity index is 353. The Morgan fingerprint density at radius 2 is 1.75 bits per heavy atom. The molecule has 0 aromatic carbocycles. The number of carboxylic acids is 1. The van der Waals surface area contributed by atoms with Crippen LogP contribution in [-0.4, -0.2) is 35.7 Å². The molecule has 116 valence electrons. The molecular weight excluding hydrogens is 258 g/mol. The number of carbonyl (C=O) groups is 2. The first-order chi connectivity index (χ1) is 9.01. The van der Waals surface area contributed by atoms with Gasteiger partial charge in [-0.25, -0.2) is 9.59 Å². The fraction of sp³-hybridized carbons (Fsp3) is 0.600. The van der Waals surface area contributed by atoms with E-state index < -0.39 is 5.97 Å². The van der Waals surface area contributed by atoms with E-state index in [0.29, 0.717) is 25.1 Å². The van der Waals surface area contributed by atoms with Crippen molar-refractivity contribution in [3.05, 3.63) is 24.3 Å². The third-order valence-corrected chi connectivity index (χ3v) is 2.07. The second-order valence-corrected chi connectivity index (χ2v) is 5.36. The van der Waals surface area contributed by atoms with Crippen molar-refractivity contribution in [1.29, 1.82) is 0 Å². The van der Waals surface area contributed by atoms with Gasteiger partial charge in [-0.15, -0.1) is 0 Å². The van der Waals surface area contributed by atoms with Crippen LogP contribution in [-0.2, 0) is 14.3 Å². The summed E-state index contributed by atoms with van der Waals surface area (Å²) in [7, 11) is 0. The summed E-state index contributed by atoms with van der Waals surface area (Å²) in [4.78, 5) is 20.7. The first-order valence-electron chi connectivity index (χ1n) is 6.50. The lowest BCUT2D eigenvalue weighted by Gasteiger charge is -2.20. The molecule has 0 spiro atoms. The minimum Gasteiger partial charge on any atom is -0.478 e. The maximum Gasteiger partial charge on any atom is 0.333 e. The molecule has 0 heterocycles. The number of hydrogen-bond acceptors (Lipinski definition) is 4. The van der Waals surface area contributed by atoms with Gasteiger partial charge in [-0.05, 0) is 34.1 Å². The number of esters is 1. The average molecular weight is 285 g/mol. The van der Waals surface area contributed by atoms with E-state index in [1.807, 2.05) is 0 Å². The molecule has 20 heavy (non-hydrogen) atoms. The Labute approximate surface area is 121 Å². The zero-order valence-electron chi connectivity index (χ0n) is 13.2. The van der Waals surface area contributed by atoms with Gasteiger partial charge in [-0.3, -0.25) is 0 Å². The van der Waals surface area contributed by atoms with Crippen LogP contribution >= 0.6 is 0 Å². The summed E-state index contributed by atoms with van der Waals surface area (Å²) < 4.78 is 4.90. The van der Waals surface area contributed by atoms with Crippen LogP contribution < -0.4 is 5.32 Å². The number of aliphatic carboxylic acids is 1. The molecule has 0 atom stereocenters. The quantitative estimate of drug-likeness (QED) is 0.445. The molecule has 2 N–H and O–H groups in total. The average Bonchev–Trinajstić information content (AvgIpc) is 2.32. The van der Waals surface area contributed by atoms with Crippen molar-refractivity contribution in [3.63, 3.8) is 0 Å². The molecule has 0 aromatic rings. The molecule has 0 saturated heterocycles. The Morgan fingerprint density at radius 3 is 2.00 bits per heavy atom. The SMILES string of the molecule is C=C(C)C(=O)OCCNC(C)(C)C.C=C(CC)C(=O)O. The second kappa shape index (κ2) is 10.2. The molecule has 0 rings (SSSR count). The summed E-state index contributed by atoms with van der Waals surface area (Å²) in [6.07, 6.45) is 0.523. The van der Waals surface area contributed by atoms with Crippen LogP contribution in [0.5, 0.6) is 0 Å². The van der Waals surface area contributed by atoms with Gasteiger partial charge in [0.2, 0.25) is 0 Å². The highest BCUT2D eigenvalue weighted by molar-refractivity contribution is 5.86. The zero-order valence-corrected chi connectivity index (χ0v) is 13.2. The lowest BCUT2D eigenvalue weighted by Crippen LogP contribution is -2.38. The predicted octanol–water partition coefficient (Wildman–Crippen LogP) is 2.53. The normalized spacial score (nSPS) is 10.1. The van der Waals surface area contributed by atoms with Gasteiger partial charge in [-0.2, -0.15) is 0 Å². The lowest BCUT2D eigenvalue weighted by atomic mass is 10.1. The summed E-state index contributed by atoms with van der Waals surface area (Å²) in [5.74, 6) is -1.22. The van der Waals surface area contributed by atoms with Gasteiger partial charge < -0.3 is 15.2 Å². The van der Waals surface area contributed by atoms with Gasteiger partial charge in [0.05, 0.1) is 0 Å². The van der Waals surface area contributed by atoms with Crippen LogP contribution in [0.2, 0.25) is 0 Å². The molecular formula is C15H27NO4. The molecule has 0 aliphatic rings. The van der Waals surface area contributed by atoms with Gasteiger partial charge in [-0.1, -0.05) is 20.1 Å². The first-order valence-corrected chi connectivity index (χ1v) is 6.50. The number of carboxylic acid groups (broad SMARTS) is 1. The Hall–Kier alpha value is -1.62. The van der Waals surface area contributed by atoms with Gasteiger partial charge in [0.1, 0.15) is 6.61 Å². The third-order valence-electron chi connectivity index (χ3n) is 2.07. The molecule has 0 unspecified atom stereocenters. The first kappa shape index (κ1) is 20.7. The fourth-order valence-corrected chi connectivity index (χ4v) is 0.844. The topological polar surface area (TPSA) is 75.6 Å². The molecule has 5 heteroatoms. The van der Waals surface area contributed by atoms with Crippen LogP contribution in [0.4, 0.5) is 0 Å². The smallest absolute Gasteiger partial charge is 0.333 e. The largest absolute Gasteiger partial charge is 0.478 e. The number of rotatable bonds is 6. The summed E-state index contributed by atoms with van der Waals surface area (Å²) >= 11 is 0. The monoisotopic (exact) mass is 285 g/mol. The van der Waals surface area contributed by atoms with E-state index in [0.717, 1.165) is 0 Å². The van der Waals surface area contributed by atoms with Gasteiger partial charge in [0, 0.05) is 23.2 Å². The highest BCUT2D eigenvalue weighted by Gasteiger charge is 2.08. The molecule has 5 nitrogen and oxygen atoms in total. The number of hydrogen-bond donors (Lipinski definition) is 2. The minimum atomic E-state index is -0.900. The van der Waals surface area contributed by atoms with Crippen molar-refractivity contribution < 1.29 is 19.4 Å². The van der Waals surface area contributed by atoms with Crippen LogP contribution in [0, 0.1) is 0 Å². The van der Waals surface area contributed by atoms with E-state index in [9.17, 15) is 9.59 Å². The Kier molecular flexibility index (Phi) is 10.6. The Balaban J connectivity index is 0. The van der Waals surface area contributed by atoms with Crippen LogP contribution in [0.25, 0.3) is 0 Å². The molecule has 0 radical (unpaired) electrons. The molecule has 0 aliphatic carbocycles. The van der Waals surface area contributed by atoms with E-state index in [4.69, 9.17) is 9.84 Å². The summed E-state index contributed by atoms with van der Waals surface area (Å²) in [5.41, 5.74) is 0.770. The fourth-order valence-electron chi connectivity index (χ4n) is 0.844. The highest BCUT2D eigenvalue weighted by Crippen LogP contribution is 1.97. The maximum absolute atomic E-state index is 10.9. The molecule has 0 aliphatic heterocycles.